The summed E-state index contributed by atoms with van der Waals surface area (Å²) in [5, 5.41) is 15.2. The van der Waals surface area contributed by atoms with Gasteiger partial charge in [0.1, 0.15) is 6.04 Å². The molecule has 3 N–H and O–H groups in total. The molecule has 1 heterocycles. The number of ether oxygens (including phenoxy) is 1. The van der Waals surface area contributed by atoms with Gasteiger partial charge in [0.25, 0.3) is 5.91 Å². The molecular formula is C20H28F3N3O4. The van der Waals surface area contributed by atoms with Crippen molar-refractivity contribution in [3.05, 3.63) is 23.5 Å². The first-order chi connectivity index (χ1) is 14.1. The average molecular weight is 431 g/mol. The third-order valence-electron chi connectivity index (χ3n) is 4.65. The molecule has 0 aromatic carbocycles. The summed E-state index contributed by atoms with van der Waals surface area (Å²) in [5.41, 5.74) is 0.601. The number of hydrogen-bond donors (Lipinski definition) is 3. The number of rotatable bonds is 11. The zero-order valence-corrected chi connectivity index (χ0v) is 17.1. The maximum absolute atomic E-state index is 12.7. The van der Waals surface area contributed by atoms with E-state index in [1.807, 2.05) is 6.92 Å². The Hall–Kier alpha value is -2.36. The first kappa shape index (κ1) is 23.9. The van der Waals surface area contributed by atoms with Gasteiger partial charge in [0, 0.05) is 25.6 Å². The minimum atomic E-state index is -4.43. The van der Waals surface area contributed by atoms with Gasteiger partial charge in [-0.1, -0.05) is 13.8 Å². The maximum atomic E-state index is 12.7. The minimum absolute atomic E-state index is 0.101. The molecule has 10 heteroatoms. The van der Waals surface area contributed by atoms with Crippen molar-refractivity contribution < 1.29 is 32.6 Å². The highest BCUT2D eigenvalue weighted by molar-refractivity contribution is 5.98. The Morgan fingerprint density at radius 1 is 1.33 bits per heavy atom. The first-order valence-electron chi connectivity index (χ1n) is 10.1. The van der Waals surface area contributed by atoms with Crippen molar-refractivity contribution in [3.8, 4) is 5.75 Å². The smallest absolute Gasteiger partial charge is 0.389 e. The zero-order valence-electron chi connectivity index (χ0n) is 17.1. The Morgan fingerprint density at radius 3 is 2.60 bits per heavy atom. The molecule has 1 aromatic rings. The molecule has 1 unspecified atom stereocenters. The van der Waals surface area contributed by atoms with Crippen molar-refractivity contribution in [1.29, 1.82) is 0 Å². The second kappa shape index (κ2) is 10.6. The van der Waals surface area contributed by atoms with Crippen LogP contribution in [0.4, 0.5) is 13.2 Å². The number of aliphatic hydroxyl groups is 1. The van der Waals surface area contributed by atoms with Gasteiger partial charge < -0.3 is 20.5 Å². The predicted molar refractivity (Wildman–Crippen MR) is 103 cm³/mol. The number of nitrogens with one attached hydrogen (secondary N) is 2. The summed E-state index contributed by atoms with van der Waals surface area (Å²) in [6.07, 6.45) is -3.59. The molecule has 1 aliphatic carbocycles. The molecule has 30 heavy (non-hydrogen) atoms. The molecule has 1 aliphatic rings. The number of pyridine rings is 1. The highest BCUT2D eigenvalue weighted by atomic mass is 19.4. The molecule has 2 rings (SSSR count). The Kier molecular flexibility index (Phi) is 8.45. The van der Waals surface area contributed by atoms with E-state index in [1.165, 1.54) is 12.3 Å². The van der Waals surface area contributed by atoms with E-state index in [1.54, 1.807) is 6.92 Å². The van der Waals surface area contributed by atoms with E-state index in [4.69, 9.17) is 4.74 Å². The van der Waals surface area contributed by atoms with E-state index in [2.05, 4.69) is 15.6 Å². The number of hydrogen-bond acceptors (Lipinski definition) is 5. The molecule has 7 nitrogen and oxygen atoms in total. The van der Waals surface area contributed by atoms with Crippen LogP contribution in [0.15, 0.2) is 12.3 Å². The summed E-state index contributed by atoms with van der Waals surface area (Å²) >= 11 is 0. The third-order valence-corrected chi connectivity index (χ3v) is 4.65. The topological polar surface area (TPSA) is 101 Å². The number of carbonyl (C=O) groups excluding carboxylic acids is 2. The van der Waals surface area contributed by atoms with Crippen LogP contribution < -0.4 is 15.4 Å². The monoisotopic (exact) mass is 431 g/mol. The molecule has 1 aromatic heterocycles. The van der Waals surface area contributed by atoms with E-state index < -0.39 is 37.3 Å². The Balaban J connectivity index is 2.14. The molecule has 0 saturated heterocycles. The highest BCUT2D eigenvalue weighted by Crippen LogP contribution is 2.41. The van der Waals surface area contributed by atoms with E-state index in [0.29, 0.717) is 13.0 Å². The fourth-order valence-electron chi connectivity index (χ4n) is 2.80. The van der Waals surface area contributed by atoms with Gasteiger partial charge >= 0.3 is 6.18 Å². The summed E-state index contributed by atoms with van der Waals surface area (Å²) in [6.45, 7) is 4.11. The molecule has 168 valence electrons. The van der Waals surface area contributed by atoms with Gasteiger partial charge in [-0.25, -0.2) is 4.98 Å². The quantitative estimate of drug-likeness (QED) is 0.468. The summed E-state index contributed by atoms with van der Waals surface area (Å²) < 4.78 is 42.5. The summed E-state index contributed by atoms with van der Waals surface area (Å²) in [4.78, 5) is 29.0. The van der Waals surface area contributed by atoms with Crippen molar-refractivity contribution in [3.63, 3.8) is 0 Å². The minimum Gasteiger partial charge on any atom is -0.463 e. The fraction of sp³-hybridized carbons (Fsp3) is 0.650. The lowest BCUT2D eigenvalue weighted by atomic mass is 10.1. The third kappa shape index (κ3) is 7.47. The van der Waals surface area contributed by atoms with Gasteiger partial charge in [0.15, 0.2) is 17.7 Å². The van der Waals surface area contributed by atoms with Gasteiger partial charge in [-0.3, -0.25) is 9.59 Å². The van der Waals surface area contributed by atoms with E-state index in [0.717, 1.165) is 24.8 Å². The number of amides is 2. The second-order valence-corrected chi connectivity index (χ2v) is 7.34. The van der Waals surface area contributed by atoms with Crippen LogP contribution in [-0.4, -0.2) is 47.0 Å². The van der Waals surface area contributed by atoms with Crippen molar-refractivity contribution in [2.45, 2.75) is 76.8 Å². The van der Waals surface area contributed by atoms with E-state index >= 15 is 0 Å². The van der Waals surface area contributed by atoms with Crippen LogP contribution in [0, 0.1) is 0 Å². The predicted octanol–water partition coefficient (Wildman–Crippen LogP) is 3.03. The average Bonchev–Trinajstić information content (AvgIpc) is 3.53. The first-order valence-corrected chi connectivity index (χ1v) is 10.1. The fourth-order valence-corrected chi connectivity index (χ4v) is 2.80. The van der Waals surface area contributed by atoms with Crippen LogP contribution in [0.2, 0.25) is 0 Å². The second-order valence-electron chi connectivity index (χ2n) is 7.34. The molecule has 2 amide bonds. The van der Waals surface area contributed by atoms with Crippen molar-refractivity contribution >= 4 is 11.8 Å². The summed E-state index contributed by atoms with van der Waals surface area (Å²) in [7, 11) is 0. The van der Waals surface area contributed by atoms with Gasteiger partial charge in [0.05, 0.1) is 0 Å². The van der Waals surface area contributed by atoms with Gasteiger partial charge in [-0.05, 0) is 43.2 Å². The standard InChI is InChI=1S/C20H28F3N3O4/c1-3-9-24-18(28)14(4-2)26-19(29)17-15(10-13(11-25-17)12-5-6-12)30-16(27)7-8-20(21,22)23/h10-12,14,16,27H,3-9H2,1-2H3,(H,24,28)(H,26,29)/t14?,16-/m1/s1. The van der Waals surface area contributed by atoms with Crippen molar-refractivity contribution in [2.24, 2.45) is 0 Å². The lowest BCUT2D eigenvalue weighted by Gasteiger charge is -2.19. The summed E-state index contributed by atoms with van der Waals surface area (Å²) in [5.74, 6) is -0.883. The Bertz CT molecular complexity index is 738. The molecule has 0 bridgehead atoms. The molecule has 0 aliphatic heterocycles. The van der Waals surface area contributed by atoms with E-state index in [9.17, 15) is 27.9 Å². The van der Waals surface area contributed by atoms with Crippen LogP contribution in [0.25, 0.3) is 0 Å². The molecular weight excluding hydrogens is 403 g/mol. The normalized spacial score (nSPS) is 15.9. The van der Waals surface area contributed by atoms with Gasteiger partial charge in [0.2, 0.25) is 5.91 Å². The van der Waals surface area contributed by atoms with Crippen molar-refractivity contribution in [2.75, 3.05) is 6.54 Å². The van der Waals surface area contributed by atoms with Gasteiger partial charge in [-0.15, -0.1) is 0 Å². The molecule has 1 saturated carbocycles. The Labute approximate surface area is 173 Å². The van der Waals surface area contributed by atoms with Crippen LogP contribution in [0.3, 0.4) is 0 Å². The van der Waals surface area contributed by atoms with Crippen LogP contribution in [-0.2, 0) is 4.79 Å². The lowest BCUT2D eigenvalue weighted by Crippen LogP contribution is -2.46. The highest BCUT2D eigenvalue weighted by Gasteiger charge is 2.30. The van der Waals surface area contributed by atoms with Crippen LogP contribution >= 0.6 is 0 Å². The Morgan fingerprint density at radius 2 is 2.03 bits per heavy atom. The van der Waals surface area contributed by atoms with Crippen molar-refractivity contribution in [1.82, 2.24) is 15.6 Å². The number of halogens is 3. The van der Waals surface area contributed by atoms with Gasteiger partial charge in [-0.2, -0.15) is 13.2 Å². The molecule has 2 atom stereocenters. The zero-order chi connectivity index (χ0) is 22.3. The van der Waals surface area contributed by atoms with E-state index in [-0.39, 0.29) is 23.3 Å². The van der Waals surface area contributed by atoms with Crippen LogP contribution in [0.5, 0.6) is 5.75 Å². The molecule has 0 radical (unpaired) electrons. The number of carbonyl (C=O) groups is 2. The number of aliphatic hydroxyl groups excluding tert-OH is 1. The number of aromatic nitrogens is 1. The maximum Gasteiger partial charge on any atom is 0.389 e. The number of nitrogens with zero attached hydrogens (tertiary/aromatic N) is 1. The SMILES string of the molecule is CCCNC(=O)C(CC)NC(=O)c1ncc(C2CC2)cc1O[C@@H](O)CCC(F)(F)F. The van der Waals surface area contributed by atoms with Crippen LogP contribution in [0.1, 0.15) is 74.3 Å². The molecule has 1 fully saturated rings. The largest absolute Gasteiger partial charge is 0.463 e. The summed E-state index contributed by atoms with van der Waals surface area (Å²) in [6, 6.07) is 0.728. The lowest BCUT2D eigenvalue weighted by molar-refractivity contribution is -0.149. The molecule has 0 spiro atoms. The number of alkyl halides is 3.